The first-order chi connectivity index (χ1) is 6.74. The maximum Gasteiger partial charge on any atom is 0.151 e. The highest BCUT2D eigenvalue weighted by molar-refractivity contribution is 9.08. The second-order valence-corrected chi connectivity index (χ2v) is 4.33. The van der Waals surface area contributed by atoms with Gasteiger partial charge in [-0.05, 0) is 12.1 Å². The van der Waals surface area contributed by atoms with Crippen molar-refractivity contribution in [3.63, 3.8) is 0 Å². The highest BCUT2D eigenvalue weighted by Crippen LogP contribution is 2.26. The molecule has 0 fully saturated rings. The number of fused-ring (bicyclic) bond motifs is 1. The van der Waals surface area contributed by atoms with Gasteiger partial charge in [-0.25, -0.2) is 9.37 Å². The second-order valence-electron chi connectivity index (χ2n) is 2.66. The van der Waals surface area contributed by atoms with E-state index in [0.717, 1.165) is 9.71 Å². The van der Waals surface area contributed by atoms with Gasteiger partial charge in [0.25, 0.3) is 0 Å². The minimum absolute atomic E-state index is 0.333. The van der Waals surface area contributed by atoms with Gasteiger partial charge in [-0.2, -0.15) is 5.26 Å². The Morgan fingerprint density at radius 2 is 2.36 bits per heavy atom. The molecule has 5 heteroatoms. The van der Waals surface area contributed by atoms with E-state index in [2.05, 4.69) is 20.9 Å². The summed E-state index contributed by atoms with van der Waals surface area (Å²) in [5, 5.41) is 10.1. The molecule has 1 aromatic heterocycles. The van der Waals surface area contributed by atoms with E-state index in [1.807, 2.05) is 6.07 Å². The number of rotatable bonds is 1. The van der Waals surface area contributed by atoms with Gasteiger partial charge in [0.15, 0.2) is 5.82 Å². The minimum Gasteiger partial charge on any atom is -0.237 e. The molecule has 1 aromatic carbocycles. The normalized spacial score (nSPS) is 10.4. The Balaban J connectivity index is 2.75. The SMILES string of the molecule is N#Cc1cc(F)c2nc(CBr)sc2c1. The number of nitriles is 1. The zero-order valence-corrected chi connectivity index (χ0v) is 9.32. The highest BCUT2D eigenvalue weighted by Gasteiger charge is 2.09. The Morgan fingerprint density at radius 1 is 1.57 bits per heavy atom. The van der Waals surface area contributed by atoms with Gasteiger partial charge in [0.1, 0.15) is 10.5 Å². The van der Waals surface area contributed by atoms with Crippen molar-refractivity contribution in [1.82, 2.24) is 4.98 Å². The number of hydrogen-bond donors (Lipinski definition) is 0. The lowest BCUT2D eigenvalue weighted by Gasteiger charge is -1.91. The van der Waals surface area contributed by atoms with Crippen LogP contribution in [-0.2, 0) is 5.33 Å². The largest absolute Gasteiger partial charge is 0.237 e. The molecule has 0 N–H and O–H groups in total. The van der Waals surface area contributed by atoms with Crippen LogP contribution in [0.25, 0.3) is 10.2 Å². The maximum atomic E-state index is 13.4. The molecule has 0 aliphatic rings. The number of alkyl halides is 1. The molecule has 14 heavy (non-hydrogen) atoms. The molecule has 0 aliphatic carbocycles. The van der Waals surface area contributed by atoms with E-state index in [1.165, 1.54) is 17.4 Å². The number of hydrogen-bond acceptors (Lipinski definition) is 3. The zero-order chi connectivity index (χ0) is 10.1. The summed E-state index contributed by atoms with van der Waals surface area (Å²) in [7, 11) is 0. The molecule has 0 saturated heterocycles. The quantitative estimate of drug-likeness (QED) is 0.747. The lowest BCUT2D eigenvalue weighted by atomic mass is 10.2. The number of aromatic nitrogens is 1. The van der Waals surface area contributed by atoms with Crippen LogP contribution in [0.5, 0.6) is 0 Å². The van der Waals surface area contributed by atoms with Crippen molar-refractivity contribution in [1.29, 1.82) is 5.26 Å². The lowest BCUT2D eigenvalue weighted by Crippen LogP contribution is -1.81. The van der Waals surface area contributed by atoms with E-state index >= 15 is 0 Å². The van der Waals surface area contributed by atoms with Crippen LogP contribution in [-0.4, -0.2) is 4.98 Å². The molecule has 0 aliphatic heterocycles. The van der Waals surface area contributed by atoms with E-state index < -0.39 is 5.82 Å². The van der Waals surface area contributed by atoms with Crippen molar-refractivity contribution in [2.75, 3.05) is 0 Å². The summed E-state index contributed by atoms with van der Waals surface area (Å²) in [4.78, 5) is 4.09. The molecular weight excluding hydrogens is 267 g/mol. The summed E-state index contributed by atoms with van der Waals surface area (Å²) < 4.78 is 14.1. The number of nitrogens with zero attached hydrogens (tertiary/aromatic N) is 2. The van der Waals surface area contributed by atoms with Gasteiger partial charge < -0.3 is 0 Å². The van der Waals surface area contributed by atoms with Gasteiger partial charge >= 0.3 is 0 Å². The van der Waals surface area contributed by atoms with Gasteiger partial charge in [-0.3, -0.25) is 0 Å². The summed E-state index contributed by atoms with van der Waals surface area (Å²) in [5.74, 6) is -0.428. The van der Waals surface area contributed by atoms with Gasteiger partial charge in [0.05, 0.1) is 21.7 Å². The van der Waals surface area contributed by atoms with Gasteiger partial charge in [-0.15, -0.1) is 11.3 Å². The third-order valence-corrected chi connectivity index (χ3v) is 3.64. The monoisotopic (exact) mass is 270 g/mol. The van der Waals surface area contributed by atoms with Crippen LogP contribution in [0.15, 0.2) is 12.1 Å². The van der Waals surface area contributed by atoms with E-state index in [9.17, 15) is 4.39 Å². The Labute approximate surface area is 92.1 Å². The van der Waals surface area contributed by atoms with Crippen LogP contribution in [0.2, 0.25) is 0 Å². The third-order valence-electron chi connectivity index (χ3n) is 1.74. The van der Waals surface area contributed by atoms with Crippen LogP contribution < -0.4 is 0 Å². The van der Waals surface area contributed by atoms with Crippen LogP contribution in [0, 0.1) is 17.1 Å². The molecule has 0 bridgehead atoms. The Kier molecular flexibility index (Phi) is 2.48. The van der Waals surface area contributed by atoms with E-state index in [1.54, 1.807) is 6.07 Å². The summed E-state index contributed by atoms with van der Waals surface area (Å²) >= 11 is 4.65. The second kappa shape index (κ2) is 3.64. The number of benzene rings is 1. The molecular formula is C9H4BrFN2S. The van der Waals surface area contributed by atoms with Gasteiger partial charge in [0.2, 0.25) is 0 Å². The summed E-state index contributed by atoms with van der Waals surface area (Å²) in [6.45, 7) is 0. The fourth-order valence-electron chi connectivity index (χ4n) is 1.16. The zero-order valence-electron chi connectivity index (χ0n) is 6.92. The Bertz CT molecular complexity index is 529. The van der Waals surface area contributed by atoms with Crippen molar-refractivity contribution >= 4 is 37.5 Å². The highest BCUT2D eigenvalue weighted by atomic mass is 79.9. The first kappa shape index (κ1) is 9.56. The molecule has 2 aromatic rings. The standard InChI is InChI=1S/C9H4BrFN2S/c10-3-8-13-9-6(11)1-5(4-12)2-7(9)14-8/h1-2H,3H2. The van der Waals surface area contributed by atoms with Gasteiger partial charge in [0, 0.05) is 0 Å². The first-order valence-electron chi connectivity index (χ1n) is 3.79. The van der Waals surface area contributed by atoms with Crippen molar-refractivity contribution in [3.05, 3.63) is 28.5 Å². The Morgan fingerprint density at radius 3 is 3.00 bits per heavy atom. The summed E-state index contributed by atoms with van der Waals surface area (Å²) in [6, 6.07) is 4.78. The molecule has 0 amide bonds. The molecule has 70 valence electrons. The average molecular weight is 271 g/mol. The molecule has 1 heterocycles. The van der Waals surface area contributed by atoms with Crippen LogP contribution in [0.4, 0.5) is 4.39 Å². The predicted octanol–water partition coefficient (Wildman–Crippen LogP) is 3.20. The van der Waals surface area contributed by atoms with Crippen molar-refractivity contribution in [2.45, 2.75) is 5.33 Å². The summed E-state index contributed by atoms with van der Waals surface area (Å²) in [6.07, 6.45) is 0. The first-order valence-corrected chi connectivity index (χ1v) is 5.73. The van der Waals surface area contributed by atoms with E-state index in [0.29, 0.717) is 16.4 Å². The maximum absolute atomic E-state index is 13.4. The fourth-order valence-corrected chi connectivity index (χ4v) is 2.50. The van der Waals surface area contributed by atoms with Crippen molar-refractivity contribution in [2.24, 2.45) is 0 Å². The van der Waals surface area contributed by atoms with Gasteiger partial charge in [-0.1, -0.05) is 15.9 Å². The molecule has 0 saturated carbocycles. The molecule has 2 rings (SSSR count). The molecule has 0 atom stereocenters. The van der Waals surface area contributed by atoms with E-state index in [-0.39, 0.29) is 0 Å². The molecule has 2 nitrogen and oxygen atoms in total. The number of thiazole rings is 1. The minimum atomic E-state index is -0.428. The van der Waals surface area contributed by atoms with Crippen molar-refractivity contribution < 1.29 is 4.39 Å². The fraction of sp³-hybridized carbons (Fsp3) is 0.111. The van der Waals surface area contributed by atoms with Crippen molar-refractivity contribution in [3.8, 4) is 6.07 Å². The number of halogens is 2. The molecule has 0 unspecified atom stereocenters. The van der Waals surface area contributed by atoms with Crippen LogP contribution in [0.1, 0.15) is 10.6 Å². The predicted molar refractivity (Wildman–Crippen MR) is 56.9 cm³/mol. The third kappa shape index (κ3) is 1.51. The average Bonchev–Trinajstić information content (AvgIpc) is 2.61. The summed E-state index contributed by atoms with van der Waals surface area (Å²) in [5.41, 5.74) is 0.684. The smallest absolute Gasteiger partial charge is 0.151 e. The van der Waals surface area contributed by atoms with E-state index in [4.69, 9.17) is 5.26 Å². The molecule has 0 radical (unpaired) electrons. The topological polar surface area (TPSA) is 36.7 Å². The van der Waals surface area contributed by atoms with Crippen LogP contribution >= 0.6 is 27.3 Å². The van der Waals surface area contributed by atoms with Crippen LogP contribution in [0.3, 0.4) is 0 Å². The Hall–Kier alpha value is -0.990. The molecule has 0 spiro atoms. The lowest BCUT2D eigenvalue weighted by molar-refractivity contribution is 0.636.